The molecule has 8 nitrogen and oxygen atoms in total. The van der Waals surface area contributed by atoms with Crippen LogP contribution in [0.3, 0.4) is 0 Å². The van der Waals surface area contributed by atoms with Crippen LogP contribution in [0.2, 0.25) is 15.1 Å². The highest BCUT2D eigenvalue weighted by Crippen LogP contribution is 2.40. The van der Waals surface area contributed by atoms with E-state index in [1.807, 2.05) is 6.07 Å². The number of sulfonamides is 1. The van der Waals surface area contributed by atoms with Crippen molar-refractivity contribution in [3.63, 3.8) is 0 Å². The Hall–Kier alpha value is -2.53. The van der Waals surface area contributed by atoms with Gasteiger partial charge in [-0.2, -0.15) is 5.01 Å². The number of amides is 1. The number of hydrogen-bond acceptors (Lipinski definition) is 6. The van der Waals surface area contributed by atoms with Gasteiger partial charge in [0, 0.05) is 28.9 Å². The van der Waals surface area contributed by atoms with E-state index in [0.29, 0.717) is 23.7 Å². The van der Waals surface area contributed by atoms with Gasteiger partial charge in [0.05, 0.1) is 33.7 Å². The molecule has 13 heteroatoms. The molecule has 47 heavy (non-hydrogen) atoms. The minimum Gasteiger partial charge on any atom is -0.493 e. The number of rotatable bonds is 13. The van der Waals surface area contributed by atoms with Crippen LogP contribution < -0.4 is 18.9 Å². The molecule has 0 aliphatic carbocycles. The van der Waals surface area contributed by atoms with E-state index in [2.05, 4.69) is 63.5 Å². The molecule has 0 aromatic heterocycles. The quantitative estimate of drug-likeness (QED) is 0.139. The van der Waals surface area contributed by atoms with Crippen LogP contribution in [0.15, 0.2) is 64.6 Å². The number of anilines is 2. The van der Waals surface area contributed by atoms with E-state index in [1.54, 1.807) is 0 Å². The lowest BCUT2D eigenvalue weighted by Crippen LogP contribution is -2.26. The fourth-order valence-electron chi connectivity index (χ4n) is 4.89. The van der Waals surface area contributed by atoms with E-state index in [0.717, 1.165) is 29.2 Å². The van der Waals surface area contributed by atoms with E-state index in [9.17, 15) is 13.2 Å². The van der Waals surface area contributed by atoms with Gasteiger partial charge in [-0.3, -0.25) is 4.79 Å². The van der Waals surface area contributed by atoms with Gasteiger partial charge in [0.2, 0.25) is 10.0 Å². The first-order valence-corrected chi connectivity index (χ1v) is 18.3. The largest absolute Gasteiger partial charge is 0.493 e. The Morgan fingerprint density at radius 3 is 2.15 bits per heavy atom. The first-order valence-electron chi connectivity index (χ1n) is 15.4. The molecule has 0 spiro atoms. The lowest BCUT2D eigenvalue weighted by molar-refractivity contribution is -0.116. The summed E-state index contributed by atoms with van der Waals surface area (Å²) in [6, 6.07) is 15.3. The summed E-state index contributed by atoms with van der Waals surface area (Å²) in [4.78, 5) is 12.8. The summed E-state index contributed by atoms with van der Waals surface area (Å²) in [5.74, 6) is 0.640. The van der Waals surface area contributed by atoms with Gasteiger partial charge >= 0.3 is 0 Å². The maximum absolute atomic E-state index is 13.0. The average molecular weight is 743 g/mol. The molecule has 1 N–H and O–H groups in total. The number of nitrogens with zero attached hydrogens (tertiary/aromatic N) is 3. The third-order valence-electron chi connectivity index (χ3n) is 8.68. The first kappa shape index (κ1) is 37.3. The highest BCUT2D eigenvalue weighted by molar-refractivity contribution is 7.89. The molecule has 0 saturated carbocycles. The van der Waals surface area contributed by atoms with Crippen LogP contribution in [0.25, 0.3) is 0 Å². The molecule has 1 amide bonds. The molecule has 254 valence electrons. The Balaban J connectivity index is 1.37. The smallest absolute Gasteiger partial charge is 0.255 e. The number of carbonyl (C=O) groups is 1. The van der Waals surface area contributed by atoms with Crippen LogP contribution in [0.4, 0.5) is 11.4 Å². The van der Waals surface area contributed by atoms with Crippen LogP contribution in [0, 0.1) is 0 Å². The lowest BCUT2D eigenvalue weighted by atomic mass is 9.76. The normalized spacial score (nSPS) is 14.0. The SMILES string of the molecule is CCC(C)(C)c1ccc(OCCCNS(=O)(=O)c2ccc(N(Cl)C3=NN(c4c(Cl)cc(Cl)cc4Cl)C(=O)C3)cc2)c(C(C)(C)CC)c1. The fraction of sp³-hybridized carbons (Fsp3) is 0.412. The molecule has 0 bridgehead atoms. The van der Waals surface area contributed by atoms with E-state index >= 15 is 0 Å². The predicted octanol–water partition coefficient (Wildman–Crippen LogP) is 9.48. The van der Waals surface area contributed by atoms with Gasteiger partial charge in [0.1, 0.15) is 11.4 Å². The number of ether oxygens (including phenoxy) is 1. The molecule has 0 atom stereocenters. The van der Waals surface area contributed by atoms with Crippen molar-refractivity contribution in [1.82, 2.24) is 4.72 Å². The zero-order valence-electron chi connectivity index (χ0n) is 27.3. The van der Waals surface area contributed by atoms with Crippen LogP contribution in [-0.4, -0.2) is 33.3 Å². The number of hydrazone groups is 1. The van der Waals surface area contributed by atoms with E-state index in [-0.39, 0.29) is 50.3 Å². The topological polar surface area (TPSA) is 91.3 Å². The second-order valence-corrected chi connectivity index (χ2v) is 16.0. The molecule has 0 radical (unpaired) electrons. The Bertz CT molecular complexity index is 1740. The van der Waals surface area contributed by atoms with E-state index in [1.165, 1.54) is 46.4 Å². The maximum atomic E-state index is 13.0. The minimum atomic E-state index is -3.79. The zero-order chi connectivity index (χ0) is 34.7. The van der Waals surface area contributed by atoms with Gasteiger partial charge in [-0.15, -0.1) is 5.10 Å². The van der Waals surface area contributed by atoms with Crippen LogP contribution >= 0.6 is 46.6 Å². The average Bonchev–Trinajstić information content (AvgIpc) is 3.40. The number of halogens is 4. The molecule has 1 heterocycles. The summed E-state index contributed by atoms with van der Waals surface area (Å²) in [6.45, 7) is 13.8. The van der Waals surface area contributed by atoms with Gasteiger partial charge in [-0.05, 0) is 78.1 Å². The molecule has 1 aliphatic heterocycles. The number of carbonyl (C=O) groups excluding carboxylic acids is 1. The third kappa shape index (κ3) is 8.56. The standard InChI is InChI=1S/C34H40Cl4N4O4S/c1-7-33(3,4)22-10-15-29(26(18-22)34(5,6)8-2)46-17-9-16-39-47(44,45)25-13-11-24(12-14-25)41(38)30-21-31(43)42(40-30)32-27(36)19-23(35)20-28(32)37/h10-15,18-20,39H,7-9,16-17,21H2,1-6H3. The van der Waals surface area contributed by atoms with Crippen molar-refractivity contribution in [3.05, 3.63) is 80.8 Å². The van der Waals surface area contributed by atoms with Crippen molar-refractivity contribution in [2.75, 3.05) is 22.6 Å². The number of amidine groups is 1. The molecule has 3 aromatic carbocycles. The van der Waals surface area contributed by atoms with Crippen molar-refractivity contribution in [1.29, 1.82) is 0 Å². The molecule has 3 aromatic rings. The highest BCUT2D eigenvalue weighted by Gasteiger charge is 2.32. The van der Waals surface area contributed by atoms with Gasteiger partial charge < -0.3 is 4.74 Å². The van der Waals surface area contributed by atoms with Gasteiger partial charge in [-0.25, -0.2) is 17.6 Å². The van der Waals surface area contributed by atoms with Crippen molar-refractivity contribution in [2.24, 2.45) is 5.10 Å². The van der Waals surface area contributed by atoms with Crippen molar-refractivity contribution >= 4 is 79.7 Å². The number of hydrogen-bond donors (Lipinski definition) is 1. The summed E-state index contributed by atoms with van der Waals surface area (Å²) in [5.41, 5.74) is 3.03. The molecule has 0 fully saturated rings. The summed E-state index contributed by atoms with van der Waals surface area (Å²) >= 11 is 25.0. The van der Waals surface area contributed by atoms with Crippen LogP contribution in [0.1, 0.15) is 78.4 Å². The third-order valence-corrected chi connectivity index (χ3v) is 11.3. The van der Waals surface area contributed by atoms with Crippen molar-refractivity contribution in [3.8, 4) is 5.75 Å². The highest BCUT2D eigenvalue weighted by atomic mass is 35.5. The summed E-state index contributed by atoms with van der Waals surface area (Å²) < 4.78 is 36.0. The van der Waals surface area contributed by atoms with Gasteiger partial charge in [-0.1, -0.05) is 88.5 Å². The summed E-state index contributed by atoms with van der Waals surface area (Å²) in [6.07, 6.45) is 2.34. The van der Waals surface area contributed by atoms with Crippen LogP contribution in [-0.2, 0) is 25.6 Å². The van der Waals surface area contributed by atoms with E-state index < -0.39 is 15.9 Å². The van der Waals surface area contributed by atoms with Crippen molar-refractivity contribution in [2.45, 2.75) is 83.0 Å². The number of benzene rings is 3. The van der Waals surface area contributed by atoms with E-state index in [4.69, 9.17) is 51.3 Å². The van der Waals surface area contributed by atoms with Gasteiger partial charge in [0.25, 0.3) is 5.91 Å². The Kier molecular flexibility index (Phi) is 11.8. The molecule has 4 rings (SSSR count). The first-order chi connectivity index (χ1) is 22.0. The monoisotopic (exact) mass is 740 g/mol. The maximum Gasteiger partial charge on any atom is 0.255 e. The minimum absolute atomic E-state index is 0.0577. The fourth-order valence-corrected chi connectivity index (χ4v) is 7.14. The predicted molar refractivity (Wildman–Crippen MR) is 194 cm³/mol. The molecular formula is C34H40Cl4N4O4S. The molecule has 0 unspecified atom stereocenters. The molecular weight excluding hydrogens is 702 g/mol. The summed E-state index contributed by atoms with van der Waals surface area (Å²) in [7, 11) is -3.79. The second kappa shape index (κ2) is 14.9. The van der Waals surface area contributed by atoms with Gasteiger partial charge in [0.15, 0.2) is 5.84 Å². The lowest BCUT2D eigenvalue weighted by Gasteiger charge is -2.30. The van der Waals surface area contributed by atoms with Crippen molar-refractivity contribution < 1.29 is 17.9 Å². The molecule has 1 aliphatic rings. The Morgan fingerprint density at radius 2 is 1.55 bits per heavy atom. The zero-order valence-corrected chi connectivity index (χ0v) is 31.2. The van der Waals surface area contributed by atoms with Crippen LogP contribution in [0.5, 0.6) is 5.75 Å². The second-order valence-electron chi connectivity index (χ2n) is 12.7. The number of nitrogens with one attached hydrogen (secondary N) is 1. The Labute approximate surface area is 298 Å². The molecule has 0 saturated heterocycles. The summed E-state index contributed by atoms with van der Waals surface area (Å²) in [5, 5.41) is 6.01. The Morgan fingerprint density at radius 1 is 0.936 bits per heavy atom.